The molecule has 0 aromatic heterocycles. The predicted octanol–water partition coefficient (Wildman–Crippen LogP) is 2.50. The third kappa shape index (κ3) is 5.63. The average Bonchev–Trinajstić information content (AvgIpc) is 2.47. The first-order chi connectivity index (χ1) is 10.1. The molecule has 0 aliphatic rings. The maximum absolute atomic E-state index is 10.5. The fraction of sp³-hybridized carbons (Fsp3) is 0.562. The predicted molar refractivity (Wildman–Crippen MR) is 85.1 cm³/mol. The number of rotatable bonds is 10. The number of nitrogens with one attached hydrogen (secondary N) is 1. The second kappa shape index (κ2) is 9.23. The van der Waals surface area contributed by atoms with Gasteiger partial charge in [-0.3, -0.25) is 4.79 Å². The molecule has 0 heterocycles. The summed E-state index contributed by atoms with van der Waals surface area (Å²) in [6.07, 6.45) is 0.135. The molecule has 1 rings (SSSR count). The van der Waals surface area contributed by atoms with Gasteiger partial charge >= 0.3 is 5.97 Å². The Labute approximate surface area is 126 Å². The van der Waals surface area contributed by atoms with Crippen LogP contribution in [-0.4, -0.2) is 37.3 Å². The fourth-order valence-corrected chi connectivity index (χ4v) is 2.19. The third-order valence-electron chi connectivity index (χ3n) is 3.27. The Hall–Kier alpha value is -1.75. The van der Waals surface area contributed by atoms with Gasteiger partial charge in [0.05, 0.1) is 18.7 Å². The third-order valence-corrected chi connectivity index (χ3v) is 3.27. The Morgan fingerprint density at radius 2 is 2.00 bits per heavy atom. The average molecular weight is 294 g/mol. The molecule has 0 aliphatic heterocycles. The van der Waals surface area contributed by atoms with Crippen LogP contribution in [0.2, 0.25) is 0 Å². The smallest absolute Gasteiger partial charge is 0.304 e. The summed E-state index contributed by atoms with van der Waals surface area (Å²) in [5.41, 5.74) is 2.20. The van der Waals surface area contributed by atoms with Gasteiger partial charge in [0, 0.05) is 26.2 Å². The van der Waals surface area contributed by atoms with Gasteiger partial charge in [-0.15, -0.1) is 0 Å². The van der Waals surface area contributed by atoms with Crippen LogP contribution in [0.3, 0.4) is 0 Å². The molecule has 5 nitrogen and oxygen atoms in total. The van der Waals surface area contributed by atoms with E-state index >= 15 is 0 Å². The van der Waals surface area contributed by atoms with Crippen molar-refractivity contribution in [1.29, 1.82) is 0 Å². The summed E-state index contributed by atoms with van der Waals surface area (Å²) < 4.78 is 5.74. The standard InChI is InChI=1S/C16H26N2O3/c1-4-18(5-2)14-8-7-13(11-15(14)21-6-3)12-17-10-9-16(19)20/h7-8,11,17H,4-6,9-10,12H2,1-3H3,(H,19,20). The Bertz CT molecular complexity index is 445. The second-order valence-corrected chi connectivity index (χ2v) is 4.73. The van der Waals surface area contributed by atoms with Gasteiger partial charge in [0.1, 0.15) is 5.75 Å². The Balaban J connectivity index is 2.75. The molecule has 118 valence electrons. The van der Waals surface area contributed by atoms with Crippen LogP contribution in [-0.2, 0) is 11.3 Å². The second-order valence-electron chi connectivity index (χ2n) is 4.73. The molecule has 2 N–H and O–H groups in total. The highest BCUT2D eigenvalue weighted by molar-refractivity contribution is 5.66. The van der Waals surface area contributed by atoms with Crippen LogP contribution in [0, 0.1) is 0 Å². The summed E-state index contributed by atoms with van der Waals surface area (Å²) in [6.45, 7) is 9.84. The molecule has 1 aromatic carbocycles. The quantitative estimate of drug-likeness (QED) is 0.649. The lowest BCUT2D eigenvalue weighted by Crippen LogP contribution is -2.23. The molecule has 0 spiro atoms. The van der Waals surface area contributed by atoms with Crippen molar-refractivity contribution in [3.63, 3.8) is 0 Å². The van der Waals surface area contributed by atoms with Crippen molar-refractivity contribution in [3.8, 4) is 5.75 Å². The van der Waals surface area contributed by atoms with E-state index in [1.807, 2.05) is 13.0 Å². The van der Waals surface area contributed by atoms with Gasteiger partial charge in [-0.05, 0) is 38.5 Å². The van der Waals surface area contributed by atoms with E-state index in [0.29, 0.717) is 19.7 Å². The molecule has 0 bridgehead atoms. The Morgan fingerprint density at radius 3 is 2.57 bits per heavy atom. The number of carboxylic acid groups (broad SMARTS) is 1. The van der Waals surface area contributed by atoms with Gasteiger partial charge in [0.15, 0.2) is 0 Å². The number of anilines is 1. The lowest BCUT2D eigenvalue weighted by Gasteiger charge is -2.24. The number of benzene rings is 1. The van der Waals surface area contributed by atoms with Crippen LogP contribution in [0.25, 0.3) is 0 Å². The minimum absolute atomic E-state index is 0.135. The summed E-state index contributed by atoms with van der Waals surface area (Å²) in [7, 11) is 0. The molecule has 0 radical (unpaired) electrons. The van der Waals surface area contributed by atoms with Gasteiger partial charge < -0.3 is 20.1 Å². The van der Waals surface area contributed by atoms with Crippen LogP contribution in [0.1, 0.15) is 32.8 Å². The minimum atomic E-state index is -0.783. The van der Waals surface area contributed by atoms with E-state index in [9.17, 15) is 4.79 Å². The molecular formula is C16H26N2O3. The number of hydrogen-bond donors (Lipinski definition) is 2. The number of nitrogens with zero attached hydrogens (tertiary/aromatic N) is 1. The molecule has 0 fully saturated rings. The zero-order valence-electron chi connectivity index (χ0n) is 13.2. The lowest BCUT2D eigenvalue weighted by molar-refractivity contribution is -0.136. The first-order valence-corrected chi connectivity index (χ1v) is 7.55. The van der Waals surface area contributed by atoms with Gasteiger partial charge in [-0.25, -0.2) is 0 Å². The molecule has 0 saturated heterocycles. The van der Waals surface area contributed by atoms with E-state index in [1.165, 1.54) is 0 Å². The maximum atomic E-state index is 10.5. The van der Waals surface area contributed by atoms with E-state index in [1.54, 1.807) is 0 Å². The van der Waals surface area contributed by atoms with E-state index in [-0.39, 0.29) is 6.42 Å². The normalized spacial score (nSPS) is 10.4. The minimum Gasteiger partial charge on any atom is -0.492 e. The summed E-state index contributed by atoms with van der Waals surface area (Å²) in [5.74, 6) is 0.105. The topological polar surface area (TPSA) is 61.8 Å². The maximum Gasteiger partial charge on any atom is 0.304 e. The van der Waals surface area contributed by atoms with Gasteiger partial charge in [0.25, 0.3) is 0 Å². The highest BCUT2D eigenvalue weighted by Gasteiger charge is 2.10. The summed E-state index contributed by atoms with van der Waals surface area (Å²) in [5, 5.41) is 11.7. The molecule has 5 heteroatoms. The SMILES string of the molecule is CCOc1cc(CNCCC(=O)O)ccc1N(CC)CC. The van der Waals surface area contributed by atoms with E-state index in [0.717, 1.165) is 30.1 Å². The summed E-state index contributed by atoms with van der Waals surface area (Å²) >= 11 is 0. The lowest BCUT2D eigenvalue weighted by atomic mass is 10.1. The van der Waals surface area contributed by atoms with Crippen LogP contribution < -0.4 is 15.0 Å². The van der Waals surface area contributed by atoms with Crippen molar-refractivity contribution in [2.45, 2.75) is 33.7 Å². The van der Waals surface area contributed by atoms with Crippen molar-refractivity contribution < 1.29 is 14.6 Å². The largest absolute Gasteiger partial charge is 0.492 e. The molecule has 0 saturated carbocycles. The molecule has 0 atom stereocenters. The van der Waals surface area contributed by atoms with Crippen LogP contribution in [0.5, 0.6) is 5.75 Å². The number of hydrogen-bond acceptors (Lipinski definition) is 4. The fourth-order valence-electron chi connectivity index (χ4n) is 2.19. The van der Waals surface area contributed by atoms with Crippen LogP contribution in [0.4, 0.5) is 5.69 Å². The first kappa shape index (κ1) is 17.3. The van der Waals surface area contributed by atoms with Crippen molar-refractivity contribution >= 4 is 11.7 Å². The number of carbonyl (C=O) groups is 1. The summed E-state index contributed by atoms with van der Waals surface area (Å²) in [6, 6.07) is 6.17. The van der Waals surface area contributed by atoms with Gasteiger partial charge in [-0.1, -0.05) is 6.07 Å². The number of aliphatic carboxylic acids is 1. The molecule has 0 aliphatic carbocycles. The van der Waals surface area contributed by atoms with Crippen molar-refractivity contribution in [3.05, 3.63) is 23.8 Å². The Morgan fingerprint density at radius 1 is 1.29 bits per heavy atom. The summed E-state index contributed by atoms with van der Waals surface area (Å²) in [4.78, 5) is 12.7. The highest BCUT2D eigenvalue weighted by Crippen LogP contribution is 2.29. The highest BCUT2D eigenvalue weighted by atomic mass is 16.5. The van der Waals surface area contributed by atoms with Crippen molar-refractivity contribution in [2.75, 3.05) is 31.1 Å². The molecular weight excluding hydrogens is 268 g/mol. The van der Waals surface area contributed by atoms with E-state index < -0.39 is 5.97 Å². The van der Waals surface area contributed by atoms with Gasteiger partial charge in [0.2, 0.25) is 0 Å². The molecule has 1 aromatic rings. The van der Waals surface area contributed by atoms with Crippen LogP contribution >= 0.6 is 0 Å². The zero-order chi connectivity index (χ0) is 15.7. The van der Waals surface area contributed by atoms with Crippen molar-refractivity contribution in [2.24, 2.45) is 0 Å². The molecule has 0 amide bonds. The molecule has 0 unspecified atom stereocenters. The van der Waals surface area contributed by atoms with E-state index in [4.69, 9.17) is 9.84 Å². The van der Waals surface area contributed by atoms with E-state index in [2.05, 4.69) is 36.2 Å². The Kier molecular flexibility index (Phi) is 7.61. The van der Waals surface area contributed by atoms with Crippen LogP contribution in [0.15, 0.2) is 18.2 Å². The monoisotopic (exact) mass is 294 g/mol. The number of ether oxygens (including phenoxy) is 1. The number of carboxylic acids is 1. The first-order valence-electron chi connectivity index (χ1n) is 7.55. The van der Waals surface area contributed by atoms with Gasteiger partial charge in [-0.2, -0.15) is 0 Å². The zero-order valence-corrected chi connectivity index (χ0v) is 13.2. The molecule has 21 heavy (non-hydrogen) atoms. The van der Waals surface area contributed by atoms with Crippen molar-refractivity contribution in [1.82, 2.24) is 5.32 Å².